The van der Waals surface area contributed by atoms with Gasteiger partial charge in [0.1, 0.15) is 0 Å². The molecule has 0 aliphatic carbocycles. The first-order chi connectivity index (χ1) is 15.8. The van der Waals surface area contributed by atoms with Gasteiger partial charge in [0, 0.05) is 19.5 Å². The van der Waals surface area contributed by atoms with Gasteiger partial charge in [-0.3, -0.25) is 4.90 Å². The third-order valence-corrected chi connectivity index (χ3v) is 5.79. The molecule has 0 amide bonds. The third kappa shape index (κ3) is 5.87. The minimum Gasteiger partial charge on any atom is -0.462 e. The highest BCUT2D eigenvalue weighted by atomic mass is 16.5. The summed E-state index contributed by atoms with van der Waals surface area (Å²) in [5.41, 5.74) is 4.66. The summed E-state index contributed by atoms with van der Waals surface area (Å²) in [6, 6.07) is 28.5. The molecule has 3 aromatic carbocycles. The molecule has 0 N–H and O–H groups in total. The van der Waals surface area contributed by atoms with Gasteiger partial charge in [-0.15, -0.1) is 5.92 Å². The molecule has 0 aromatic heterocycles. The van der Waals surface area contributed by atoms with Crippen LogP contribution in [0.25, 0.3) is 0 Å². The number of ether oxygens (including phenoxy) is 1. The Morgan fingerprint density at radius 3 is 2.44 bits per heavy atom. The van der Waals surface area contributed by atoms with E-state index in [4.69, 9.17) is 4.74 Å². The van der Waals surface area contributed by atoms with E-state index in [9.17, 15) is 4.79 Å². The molecule has 3 aromatic rings. The Balaban J connectivity index is 1.31. The zero-order chi connectivity index (χ0) is 22.0. The van der Waals surface area contributed by atoms with Gasteiger partial charge in [0.05, 0.1) is 18.2 Å². The van der Waals surface area contributed by atoms with Gasteiger partial charge in [-0.25, -0.2) is 4.79 Å². The maximum absolute atomic E-state index is 12.0. The Bertz CT molecular complexity index is 1070. The fourth-order valence-electron chi connectivity index (χ4n) is 4.08. The Morgan fingerprint density at radius 2 is 1.62 bits per heavy atom. The van der Waals surface area contributed by atoms with Crippen molar-refractivity contribution in [3.05, 3.63) is 107 Å². The SMILES string of the molecule is O=C(OCCCCC#CC1c2ccccc2CCN1Cc1ccccc1)c1ccccc1. The van der Waals surface area contributed by atoms with Crippen molar-refractivity contribution in [2.75, 3.05) is 13.2 Å². The van der Waals surface area contributed by atoms with E-state index in [1.807, 2.05) is 18.2 Å². The number of carbonyl (C=O) groups excluding carboxylic acids is 1. The lowest BCUT2D eigenvalue weighted by atomic mass is 9.92. The Morgan fingerprint density at radius 1 is 0.906 bits per heavy atom. The van der Waals surface area contributed by atoms with Gasteiger partial charge in [0.15, 0.2) is 0 Å². The minimum absolute atomic E-state index is 0.121. The van der Waals surface area contributed by atoms with Crippen molar-refractivity contribution in [2.24, 2.45) is 0 Å². The predicted octanol–water partition coefficient (Wildman–Crippen LogP) is 5.82. The lowest BCUT2D eigenvalue weighted by Gasteiger charge is -2.34. The number of esters is 1. The van der Waals surface area contributed by atoms with Crippen LogP contribution in [0.3, 0.4) is 0 Å². The number of unbranched alkanes of at least 4 members (excludes halogenated alkanes) is 2. The maximum Gasteiger partial charge on any atom is 0.338 e. The molecule has 1 aliphatic rings. The van der Waals surface area contributed by atoms with Gasteiger partial charge in [0.2, 0.25) is 0 Å². The Hall–Kier alpha value is -3.35. The van der Waals surface area contributed by atoms with Crippen molar-refractivity contribution >= 4 is 5.97 Å². The molecule has 3 heteroatoms. The minimum atomic E-state index is -0.257. The number of rotatable bonds is 7. The molecule has 0 saturated carbocycles. The topological polar surface area (TPSA) is 29.5 Å². The first-order valence-electron chi connectivity index (χ1n) is 11.4. The van der Waals surface area contributed by atoms with E-state index >= 15 is 0 Å². The van der Waals surface area contributed by atoms with Crippen LogP contribution in [0.15, 0.2) is 84.9 Å². The molecule has 32 heavy (non-hydrogen) atoms. The number of carbonyl (C=O) groups is 1. The highest BCUT2D eigenvalue weighted by Gasteiger charge is 2.25. The van der Waals surface area contributed by atoms with E-state index < -0.39 is 0 Å². The second-order valence-corrected chi connectivity index (χ2v) is 8.09. The summed E-state index contributed by atoms with van der Waals surface area (Å²) in [4.78, 5) is 14.5. The average Bonchev–Trinajstić information content (AvgIpc) is 2.85. The first-order valence-corrected chi connectivity index (χ1v) is 11.4. The molecule has 1 heterocycles. The quantitative estimate of drug-likeness (QED) is 0.273. The van der Waals surface area contributed by atoms with Crippen LogP contribution in [0, 0.1) is 11.8 Å². The molecule has 3 nitrogen and oxygen atoms in total. The van der Waals surface area contributed by atoms with Crippen LogP contribution in [-0.2, 0) is 17.7 Å². The van der Waals surface area contributed by atoms with Gasteiger partial charge in [-0.2, -0.15) is 0 Å². The fraction of sp³-hybridized carbons (Fsp3) is 0.276. The molecule has 162 valence electrons. The van der Waals surface area contributed by atoms with Crippen LogP contribution in [0.1, 0.15) is 52.4 Å². The van der Waals surface area contributed by atoms with Crippen LogP contribution in [-0.4, -0.2) is 24.0 Å². The summed E-state index contributed by atoms with van der Waals surface area (Å²) in [6.07, 6.45) is 3.61. The average molecular weight is 424 g/mol. The summed E-state index contributed by atoms with van der Waals surface area (Å²) < 4.78 is 5.36. The van der Waals surface area contributed by atoms with Crippen molar-refractivity contribution in [2.45, 2.75) is 38.3 Å². The van der Waals surface area contributed by atoms with Gasteiger partial charge in [0.25, 0.3) is 0 Å². The number of hydrogen-bond acceptors (Lipinski definition) is 3. The standard InChI is InChI=1S/C29H29NO2/c31-29(26-16-7-4-8-17-26)32-22-12-2-1-9-19-28-27-18-11-10-15-25(27)20-21-30(28)23-24-13-5-3-6-14-24/h3-8,10-11,13-18,28H,1-2,12,20-23H2. The van der Waals surface area contributed by atoms with Crippen molar-refractivity contribution in [3.8, 4) is 11.8 Å². The van der Waals surface area contributed by atoms with Gasteiger partial charge >= 0.3 is 5.97 Å². The largest absolute Gasteiger partial charge is 0.462 e. The zero-order valence-electron chi connectivity index (χ0n) is 18.4. The molecular weight excluding hydrogens is 394 g/mol. The zero-order valence-corrected chi connectivity index (χ0v) is 18.4. The van der Waals surface area contributed by atoms with E-state index in [0.29, 0.717) is 12.2 Å². The number of nitrogens with zero attached hydrogens (tertiary/aromatic N) is 1. The lowest BCUT2D eigenvalue weighted by molar-refractivity contribution is 0.0499. The highest BCUT2D eigenvalue weighted by molar-refractivity contribution is 5.89. The second kappa shape index (κ2) is 11.3. The monoisotopic (exact) mass is 423 g/mol. The molecule has 0 fully saturated rings. The van der Waals surface area contributed by atoms with E-state index in [2.05, 4.69) is 71.3 Å². The molecule has 4 rings (SSSR count). The van der Waals surface area contributed by atoms with Crippen molar-refractivity contribution < 1.29 is 9.53 Å². The molecule has 1 atom stereocenters. The smallest absolute Gasteiger partial charge is 0.338 e. The molecule has 0 saturated heterocycles. The normalized spacial score (nSPS) is 15.3. The lowest BCUT2D eigenvalue weighted by Crippen LogP contribution is -2.34. The van der Waals surface area contributed by atoms with E-state index in [1.165, 1.54) is 16.7 Å². The maximum atomic E-state index is 12.0. The summed E-state index contributed by atoms with van der Waals surface area (Å²) in [6.45, 7) is 2.35. The van der Waals surface area contributed by atoms with Crippen LogP contribution >= 0.6 is 0 Å². The predicted molar refractivity (Wildman–Crippen MR) is 128 cm³/mol. The van der Waals surface area contributed by atoms with Crippen molar-refractivity contribution in [1.82, 2.24) is 4.90 Å². The molecule has 1 unspecified atom stereocenters. The summed E-state index contributed by atoms with van der Waals surface area (Å²) >= 11 is 0. The van der Waals surface area contributed by atoms with E-state index in [0.717, 1.165) is 38.8 Å². The summed E-state index contributed by atoms with van der Waals surface area (Å²) in [7, 11) is 0. The molecule has 0 spiro atoms. The summed E-state index contributed by atoms with van der Waals surface area (Å²) in [5, 5.41) is 0. The van der Waals surface area contributed by atoms with Crippen LogP contribution in [0.4, 0.5) is 0 Å². The fourth-order valence-corrected chi connectivity index (χ4v) is 4.08. The second-order valence-electron chi connectivity index (χ2n) is 8.09. The van der Waals surface area contributed by atoms with Crippen molar-refractivity contribution in [1.29, 1.82) is 0 Å². The third-order valence-electron chi connectivity index (χ3n) is 5.79. The van der Waals surface area contributed by atoms with E-state index in [1.54, 1.807) is 12.1 Å². The molecule has 0 bridgehead atoms. The summed E-state index contributed by atoms with van der Waals surface area (Å²) in [5.74, 6) is 6.68. The molecular formula is C29H29NO2. The number of fused-ring (bicyclic) bond motifs is 1. The molecule has 0 radical (unpaired) electrons. The van der Waals surface area contributed by atoms with E-state index in [-0.39, 0.29) is 12.0 Å². The first kappa shape index (κ1) is 21.9. The highest BCUT2D eigenvalue weighted by Crippen LogP contribution is 2.30. The van der Waals surface area contributed by atoms with Crippen LogP contribution in [0.5, 0.6) is 0 Å². The Labute approximate surface area is 191 Å². The number of benzene rings is 3. The number of hydrogen-bond donors (Lipinski definition) is 0. The van der Waals surface area contributed by atoms with Gasteiger partial charge in [-0.1, -0.05) is 78.7 Å². The molecule has 1 aliphatic heterocycles. The van der Waals surface area contributed by atoms with Crippen molar-refractivity contribution in [3.63, 3.8) is 0 Å². The van der Waals surface area contributed by atoms with Gasteiger partial charge in [-0.05, 0) is 48.1 Å². The van der Waals surface area contributed by atoms with Crippen LogP contribution in [0.2, 0.25) is 0 Å². The van der Waals surface area contributed by atoms with Gasteiger partial charge < -0.3 is 4.74 Å². The Kier molecular flexibility index (Phi) is 7.74. The van der Waals surface area contributed by atoms with Crippen LogP contribution < -0.4 is 0 Å².